The van der Waals surface area contributed by atoms with E-state index in [2.05, 4.69) is 41.3 Å². The van der Waals surface area contributed by atoms with E-state index in [0.717, 1.165) is 18.7 Å². The Kier molecular flexibility index (Phi) is 6.78. The number of aliphatic carboxylic acids is 1. The van der Waals surface area contributed by atoms with Crippen LogP contribution >= 0.6 is 0 Å². The summed E-state index contributed by atoms with van der Waals surface area (Å²) in [6.45, 7) is 1.45. The molecule has 1 atom stereocenters. The Morgan fingerprint density at radius 2 is 1.11 bits per heavy atom. The topological polar surface area (TPSA) is 40.5 Å². The Morgan fingerprint density at radius 3 is 1.52 bits per heavy atom. The lowest BCUT2D eigenvalue weighted by molar-refractivity contribution is -0.138. The molecule has 0 radical (unpaired) electrons. The highest BCUT2D eigenvalue weighted by molar-refractivity contribution is 5.67. The molecule has 1 N–H and O–H groups in total. The van der Waals surface area contributed by atoms with Crippen LogP contribution in [0, 0.1) is 0 Å². The second kappa shape index (κ2) is 9.70. The number of nitrogens with zero attached hydrogens (tertiary/aromatic N) is 1. The van der Waals surface area contributed by atoms with E-state index in [1.807, 2.05) is 54.6 Å². The predicted octanol–water partition coefficient (Wildman–Crippen LogP) is 4.77. The van der Waals surface area contributed by atoms with Gasteiger partial charge in [-0.15, -0.1) is 0 Å². The first-order chi connectivity index (χ1) is 13.2. The highest BCUT2D eigenvalue weighted by Gasteiger charge is 2.22. The maximum Gasteiger partial charge on any atom is 0.304 e. The maximum absolute atomic E-state index is 11.6. The van der Waals surface area contributed by atoms with Crippen LogP contribution in [0.25, 0.3) is 0 Å². The average molecular weight is 359 g/mol. The van der Waals surface area contributed by atoms with E-state index < -0.39 is 5.97 Å². The summed E-state index contributed by atoms with van der Waals surface area (Å²) in [6.07, 6.45) is 0.835. The minimum absolute atomic E-state index is 0.0784. The van der Waals surface area contributed by atoms with Crippen molar-refractivity contribution in [1.29, 1.82) is 0 Å². The fourth-order valence-corrected chi connectivity index (χ4v) is 3.37. The van der Waals surface area contributed by atoms with E-state index in [4.69, 9.17) is 0 Å². The van der Waals surface area contributed by atoms with Crippen molar-refractivity contribution in [2.75, 3.05) is 0 Å². The Hall–Kier alpha value is -2.91. The van der Waals surface area contributed by atoms with Crippen LogP contribution in [-0.2, 0) is 24.3 Å². The third-order valence-corrected chi connectivity index (χ3v) is 4.70. The van der Waals surface area contributed by atoms with Gasteiger partial charge in [-0.3, -0.25) is 9.69 Å². The molecule has 3 aromatic rings. The molecule has 138 valence electrons. The molecule has 3 rings (SSSR count). The summed E-state index contributed by atoms with van der Waals surface area (Å²) in [6, 6.07) is 30.6. The molecular formula is C24H25NO2. The van der Waals surface area contributed by atoms with Gasteiger partial charge in [-0.1, -0.05) is 91.0 Å². The van der Waals surface area contributed by atoms with Gasteiger partial charge in [-0.25, -0.2) is 0 Å². The molecule has 27 heavy (non-hydrogen) atoms. The van der Waals surface area contributed by atoms with Crippen LogP contribution < -0.4 is 0 Å². The largest absolute Gasteiger partial charge is 0.481 e. The van der Waals surface area contributed by atoms with Gasteiger partial charge in [0.1, 0.15) is 0 Å². The first-order valence-corrected chi connectivity index (χ1v) is 9.28. The van der Waals surface area contributed by atoms with Crippen LogP contribution in [-0.4, -0.2) is 22.0 Å². The first kappa shape index (κ1) is 18.9. The molecule has 0 unspecified atom stereocenters. The fourth-order valence-electron chi connectivity index (χ4n) is 3.37. The standard InChI is InChI=1S/C24H25NO2/c26-24(27)17-23(16-20-10-4-1-5-11-20)25(18-21-12-6-2-7-13-21)19-22-14-8-3-9-15-22/h1-15,23H,16-19H2,(H,26,27)/t23-/m0/s1. The van der Waals surface area contributed by atoms with Gasteiger partial charge in [0, 0.05) is 19.1 Å². The fraction of sp³-hybridized carbons (Fsp3) is 0.208. The van der Waals surface area contributed by atoms with Crippen LogP contribution in [0.2, 0.25) is 0 Å². The molecule has 0 aromatic heterocycles. The van der Waals surface area contributed by atoms with Gasteiger partial charge in [0.2, 0.25) is 0 Å². The Balaban J connectivity index is 1.86. The van der Waals surface area contributed by atoms with Gasteiger partial charge in [0.15, 0.2) is 0 Å². The predicted molar refractivity (Wildman–Crippen MR) is 108 cm³/mol. The lowest BCUT2D eigenvalue weighted by atomic mass is 10.00. The highest BCUT2D eigenvalue weighted by Crippen LogP contribution is 2.19. The molecule has 0 amide bonds. The van der Waals surface area contributed by atoms with Crippen molar-refractivity contribution in [2.24, 2.45) is 0 Å². The zero-order valence-electron chi connectivity index (χ0n) is 15.4. The normalized spacial score (nSPS) is 12.0. The monoisotopic (exact) mass is 359 g/mol. The zero-order chi connectivity index (χ0) is 18.9. The summed E-state index contributed by atoms with van der Waals surface area (Å²) in [4.78, 5) is 13.9. The van der Waals surface area contributed by atoms with Gasteiger partial charge in [-0.05, 0) is 23.1 Å². The number of hydrogen-bond acceptors (Lipinski definition) is 2. The van der Waals surface area contributed by atoms with E-state index in [1.165, 1.54) is 11.1 Å². The Labute approximate surface area is 160 Å². The van der Waals surface area contributed by atoms with Crippen LogP contribution in [0.15, 0.2) is 91.0 Å². The molecule has 0 aliphatic carbocycles. The van der Waals surface area contributed by atoms with Crippen molar-refractivity contribution in [2.45, 2.75) is 32.0 Å². The average Bonchev–Trinajstić information content (AvgIpc) is 2.69. The van der Waals surface area contributed by atoms with E-state index in [0.29, 0.717) is 6.42 Å². The molecule has 0 saturated carbocycles. The number of benzene rings is 3. The molecule has 0 aliphatic heterocycles. The van der Waals surface area contributed by atoms with Gasteiger partial charge in [0.25, 0.3) is 0 Å². The van der Waals surface area contributed by atoms with Crippen molar-refractivity contribution in [3.8, 4) is 0 Å². The van der Waals surface area contributed by atoms with Crippen LogP contribution in [0.5, 0.6) is 0 Å². The summed E-state index contributed by atoms with van der Waals surface area (Å²) < 4.78 is 0. The van der Waals surface area contributed by atoms with E-state index in [-0.39, 0.29) is 12.5 Å². The SMILES string of the molecule is O=C(O)C[C@H](Cc1ccccc1)N(Cc1ccccc1)Cc1ccccc1. The van der Waals surface area contributed by atoms with E-state index >= 15 is 0 Å². The van der Waals surface area contributed by atoms with Crippen molar-refractivity contribution in [1.82, 2.24) is 4.90 Å². The first-order valence-electron chi connectivity index (χ1n) is 9.28. The van der Waals surface area contributed by atoms with Gasteiger partial charge in [0.05, 0.1) is 6.42 Å². The van der Waals surface area contributed by atoms with Crippen LogP contribution in [0.3, 0.4) is 0 Å². The quantitative estimate of drug-likeness (QED) is 0.598. The Bertz CT molecular complexity index is 777. The third-order valence-electron chi connectivity index (χ3n) is 4.70. The second-order valence-corrected chi connectivity index (χ2v) is 6.82. The molecule has 0 spiro atoms. The minimum Gasteiger partial charge on any atom is -0.481 e. The molecule has 3 nitrogen and oxygen atoms in total. The minimum atomic E-state index is -0.762. The summed E-state index contributed by atoms with van der Waals surface area (Å²) in [5.74, 6) is -0.762. The number of carboxylic acid groups (broad SMARTS) is 1. The molecule has 0 heterocycles. The lowest BCUT2D eigenvalue weighted by Crippen LogP contribution is -2.37. The number of hydrogen-bond donors (Lipinski definition) is 1. The summed E-state index contributed by atoms with van der Waals surface area (Å²) in [5, 5.41) is 9.52. The molecule has 0 aliphatic rings. The molecular weight excluding hydrogens is 334 g/mol. The smallest absolute Gasteiger partial charge is 0.304 e. The van der Waals surface area contributed by atoms with Crippen molar-refractivity contribution in [3.05, 3.63) is 108 Å². The van der Waals surface area contributed by atoms with Gasteiger partial charge in [-0.2, -0.15) is 0 Å². The molecule has 0 bridgehead atoms. The maximum atomic E-state index is 11.6. The van der Waals surface area contributed by atoms with Crippen molar-refractivity contribution < 1.29 is 9.90 Å². The number of rotatable bonds is 9. The summed E-state index contributed by atoms with van der Waals surface area (Å²) in [7, 11) is 0. The molecule has 3 aromatic carbocycles. The summed E-state index contributed by atoms with van der Waals surface area (Å²) >= 11 is 0. The molecule has 0 fully saturated rings. The highest BCUT2D eigenvalue weighted by atomic mass is 16.4. The van der Waals surface area contributed by atoms with Crippen molar-refractivity contribution in [3.63, 3.8) is 0 Å². The second-order valence-electron chi connectivity index (χ2n) is 6.82. The van der Waals surface area contributed by atoms with E-state index in [9.17, 15) is 9.90 Å². The van der Waals surface area contributed by atoms with Crippen LogP contribution in [0.4, 0.5) is 0 Å². The van der Waals surface area contributed by atoms with Crippen molar-refractivity contribution >= 4 is 5.97 Å². The van der Waals surface area contributed by atoms with Gasteiger partial charge >= 0.3 is 5.97 Å². The summed E-state index contributed by atoms with van der Waals surface area (Å²) in [5.41, 5.74) is 3.55. The van der Waals surface area contributed by atoms with Gasteiger partial charge < -0.3 is 5.11 Å². The number of carboxylic acids is 1. The number of carbonyl (C=O) groups is 1. The Morgan fingerprint density at radius 1 is 0.704 bits per heavy atom. The van der Waals surface area contributed by atoms with Crippen LogP contribution in [0.1, 0.15) is 23.1 Å². The van der Waals surface area contributed by atoms with E-state index in [1.54, 1.807) is 0 Å². The third kappa shape index (κ3) is 6.08. The molecule has 3 heteroatoms. The zero-order valence-corrected chi connectivity index (χ0v) is 15.4. The lowest BCUT2D eigenvalue weighted by Gasteiger charge is -2.31. The molecule has 0 saturated heterocycles.